The second-order valence-electron chi connectivity index (χ2n) is 8.13. The number of ether oxygens (including phenoxy) is 1. The Balaban J connectivity index is 1.41. The Labute approximate surface area is 167 Å². The van der Waals surface area contributed by atoms with Crippen LogP contribution in [0.2, 0.25) is 0 Å². The van der Waals surface area contributed by atoms with Crippen LogP contribution in [0.15, 0.2) is 54.6 Å². The maximum Gasteiger partial charge on any atom is 0.253 e. The van der Waals surface area contributed by atoms with E-state index in [9.17, 15) is 4.79 Å². The summed E-state index contributed by atoms with van der Waals surface area (Å²) < 4.78 is 6.08. The molecular formula is C24H30N2O2. The lowest BCUT2D eigenvalue weighted by Crippen LogP contribution is -2.29. The van der Waals surface area contributed by atoms with Crippen molar-refractivity contribution in [3.8, 4) is 5.75 Å². The van der Waals surface area contributed by atoms with Crippen molar-refractivity contribution in [1.82, 2.24) is 4.90 Å². The van der Waals surface area contributed by atoms with Gasteiger partial charge < -0.3 is 15.4 Å². The number of rotatable bonds is 5. The number of likely N-dealkylation sites (tertiary alicyclic amines) is 1. The number of carbonyl (C=O) groups is 1. The van der Waals surface area contributed by atoms with E-state index >= 15 is 0 Å². The molecule has 28 heavy (non-hydrogen) atoms. The molecule has 4 rings (SSSR count). The Morgan fingerprint density at radius 3 is 2.36 bits per heavy atom. The van der Waals surface area contributed by atoms with E-state index in [2.05, 4.69) is 24.3 Å². The van der Waals surface area contributed by atoms with E-state index in [0.29, 0.717) is 24.5 Å². The summed E-state index contributed by atoms with van der Waals surface area (Å²) in [6.45, 7) is 2.04. The molecule has 4 heteroatoms. The maximum absolute atomic E-state index is 13.0. The fourth-order valence-corrected chi connectivity index (χ4v) is 4.59. The molecule has 148 valence electrons. The minimum atomic E-state index is 0.0843. The summed E-state index contributed by atoms with van der Waals surface area (Å²) in [7, 11) is 0. The van der Waals surface area contributed by atoms with Gasteiger partial charge in [-0.2, -0.15) is 0 Å². The largest absolute Gasteiger partial charge is 0.490 e. The monoisotopic (exact) mass is 378 g/mol. The smallest absolute Gasteiger partial charge is 0.253 e. The summed E-state index contributed by atoms with van der Waals surface area (Å²) in [6.07, 6.45) is 6.41. The van der Waals surface area contributed by atoms with Gasteiger partial charge in [0.25, 0.3) is 5.91 Å². The zero-order chi connectivity index (χ0) is 19.3. The van der Waals surface area contributed by atoms with Gasteiger partial charge in [-0.3, -0.25) is 4.79 Å². The average Bonchev–Trinajstić information content (AvgIpc) is 3.20. The van der Waals surface area contributed by atoms with Crippen LogP contribution in [0, 0.1) is 5.92 Å². The molecular weight excluding hydrogens is 348 g/mol. The van der Waals surface area contributed by atoms with E-state index in [1.54, 1.807) is 0 Å². The molecule has 2 aromatic carbocycles. The second kappa shape index (κ2) is 8.78. The standard InChI is InChI=1S/C24H30N2O2/c25-15-20-16-26(17-23(20)18-7-3-1-4-8-18)24(27)19-11-13-22(14-12-19)28-21-9-5-2-6-10-21/h1,3-4,7-8,11-14,20-21,23H,2,5-6,9-10,15-17,25H2/t20-,23+/m1/s1. The molecule has 0 radical (unpaired) electrons. The molecule has 0 spiro atoms. The van der Waals surface area contributed by atoms with Crippen molar-refractivity contribution in [2.45, 2.75) is 44.1 Å². The maximum atomic E-state index is 13.0. The quantitative estimate of drug-likeness (QED) is 0.848. The highest BCUT2D eigenvalue weighted by Gasteiger charge is 2.35. The summed E-state index contributed by atoms with van der Waals surface area (Å²) in [5, 5.41) is 0. The summed E-state index contributed by atoms with van der Waals surface area (Å²) in [4.78, 5) is 15.0. The Bertz CT molecular complexity index is 769. The number of nitrogens with two attached hydrogens (primary N) is 1. The van der Waals surface area contributed by atoms with Gasteiger partial charge in [0.15, 0.2) is 0 Å². The summed E-state index contributed by atoms with van der Waals surface area (Å²) >= 11 is 0. The van der Waals surface area contributed by atoms with Crippen molar-refractivity contribution in [3.63, 3.8) is 0 Å². The van der Waals surface area contributed by atoms with Gasteiger partial charge in [0.05, 0.1) is 6.10 Å². The van der Waals surface area contributed by atoms with E-state index < -0.39 is 0 Å². The first kappa shape index (κ1) is 19.0. The fourth-order valence-electron chi connectivity index (χ4n) is 4.59. The van der Waals surface area contributed by atoms with Crippen LogP contribution in [0.25, 0.3) is 0 Å². The Morgan fingerprint density at radius 1 is 0.964 bits per heavy atom. The van der Waals surface area contributed by atoms with Gasteiger partial charge in [-0.15, -0.1) is 0 Å². The van der Waals surface area contributed by atoms with Crippen LogP contribution in [-0.4, -0.2) is 36.5 Å². The third-order valence-corrected chi connectivity index (χ3v) is 6.21. The average molecular weight is 379 g/mol. The SMILES string of the molecule is NC[C@@H]1CN(C(=O)c2ccc(OC3CCCCC3)cc2)C[C@H]1c1ccccc1. The lowest BCUT2D eigenvalue weighted by Gasteiger charge is -2.23. The highest BCUT2D eigenvalue weighted by atomic mass is 16.5. The zero-order valence-electron chi connectivity index (χ0n) is 16.4. The van der Waals surface area contributed by atoms with Crippen LogP contribution < -0.4 is 10.5 Å². The van der Waals surface area contributed by atoms with Crippen LogP contribution in [0.3, 0.4) is 0 Å². The molecule has 0 aromatic heterocycles. The molecule has 2 aliphatic rings. The van der Waals surface area contributed by atoms with E-state index in [1.807, 2.05) is 35.2 Å². The van der Waals surface area contributed by atoms with Gasteiger partial charge in [-0.25, -0.2) is 0 Å². The number of amides is 1. The first-order valence-electron chi connectivity index (χ1n) is 10.6. The van der Waals surface area contributed by atoms with Crippen molar-refractivity contribution < 1.29 is 9.53 Å². The predicted molar refractivity (Wildman–Crippen MR) is 112 cm³/mol. The summed E-state index contributed by atoms with van der Waals surface area (Å²) in [5.74, 6) is 1.57. The first-order chi connectivity index (χ1) is 13.7. The fraction of sp³-hybridized carbons (Fsp3) is 0.458. The molecule has 1 aliphatic carbocycles. The number of hydrogen-bond acceptors (Lipinski definition) is 3. The van der Waals surface area contributed by atoms with Crippen molar-refractivity contribution in [2.75, 3.05) is 19.6 Å². The molecule has 2 N–H and O–H groups in total. The van der Waals surface area contributed by atoms with E-state index in [-0.39, 0.29) is 5.91 Å². The normalized spacial score (nSPS) is 23.0. The Kier molecular flexibility index (Phi) is 5.96. The molecule has 1 saturated carbocycles. The van der Waals surface area contributed by atoms with Crippen LogP contribution in [0.1, 0.15) is 53.9 Å². The van der Waals surface area contributed by atoms with Crippen LogP contribution in [0.5, 0.6) is 5.75 Å². The van der Waals surface area contributed by atoms with E-state index in [1.165, 1.54) is 24.8 Å². The second-order valence-corrected chi connectivity index (χ2v) is 8.13. The van der Waals surface area contributed by atoms with E-state index in [4.69, 9.17) is 10.5 Å². The molecule has 1 aliphatic heterocycles. The van der Waals surface area contributed by atoms with Gasteiger partial charge in [-0.1, -0.05) is 36.8 Å². The van der Waals surface area contributed by atoms with Crippen molar-refractivity contribution >= 4 is 5.91 Å². The lowest BCUT2D eigenvalue weighted by atomic mass is 9.89. The van der Waals surface area contributed by atoms with Gasteiger partial charge in [0.1, 0.15) is 5.75 Å². The highest BCUT2D eigenvalue weighted by Crippen LogP contribution is 2.33. The minimum absolute atomic E-state index is 0.0843. The molecule has 4 nitrogen and oxygen atoms in total. The Morgan fingerprint density at radius 2 is 1.68 bits per heavy atom. The topological polar surface area (TPSA) is 55.6 Å². The molecule has 1 heterocycles. The van der Waals surface area contributed by atoms with Crippen LogP contribution >= 0.6 is 0 Å². The van der Waals surface area contributed by atoms with Gasteiger partial charge in [-0.05, 0) is 68.0 Å². The van der Waals surface area contributed by atoms with Gasteiger partial charge in [0, 0.05) is 24.6 Å². The summed E-state index contributed by atoms with van der Waals surface area (Å²) in [5.41, 5.74) is 8.01. The van der Waals surface area contributed by atoms with Crippen molar-refractivity contribution in [1.29, 1.82) is 0 Å². The van der Waals surface area contributed by atoms with Crippen molar-refractivity contribution in [2.24, 2.45) is 11.7 Å². The third kappa shape index (κ3) is 4.22. The van der Waals surface area contributed by atoms with Crippen LogP contribution in [0.4, 0.5) is 0 Å². The molecule has 2 atom stereocenters. The highest BCUT2D eigenvalue weighted by molar-refractivity contribution is 5.94. The molecule has 2 fully saturated rings. The predicted octanol–water partition coefficient (Wildman–Crippen LogP) is 4.21. The third-order valence-electron chi connectivity index (χ3n) is 6.21. The first-order valence-corrected chi connectivity index (χ1v) is 10.6. The lowest BCUT2D eigenvalue weighted by molar-refractivity contribution is 0.0786. The van der Waals surface area contributed by atoms with Crippen molar-refractivity contribution in [3.05, 3.63) is 65.7 Å². The number of nitrogens with zero attached hydrogens (tertiary/aromatic N) is 1. The molecule has 0 bridgehead atoms. The zero-order valence-corrected chi connectivity index (χ0v) is 16.4. The summed E-state index contributed by atoms with van der Waals surface area (Å²) in [6, 6.07) is 18.1. The van der Waals surface area contributed by atoms with Gasteiger partial charge in [0.2, 0.25) is 0 Å². The van der Waals surface area contributed by atoms with Crippen LogP contribution in [-0.2, 0) is 0 Å². The number of hydrogen-bond donors (Lipinski definition) is 1. The number of benzene rings is 2. The molecule has 1 amide bonds. The molecule has 1 saturated heterocycles. The van der Waals surface area contributed by atoms with Gasteiger partial charge >= 0.3 is 0 Å². The minimum Gasteiger partial charge on any atom is -0.490 e. The number of carbonyl (C=O) groups excluding carboxylic acids is 1. The van der Waals surface area contributed by atoms with E-state index in [0.717, 1.165) is 37.2 Å². The molecule has 2 aromatic rings. The molecule has 0 unspecified atom stereocenters. The Hall–Kier alpha value is -2.33.